The van der Waals surface area contributed by atoms with Crippen LogP contribution in [-0.2, 0) is 11.3 Å². The third kappa shape index (κ3) is 3.48. The van der Waals surface area contributed by atoms with Gasteiger partial charge in [-0.1, -0.05) is 23.7 Å². The molecule has 0 aliphatic heterocycles. The fourth-order valence-corrected chi connectivity index (χ4v) is 1.46. The summed E-state index contributed by atoms with van der Waals surface area (Å²) in [6.45, 7) is 2.48. The number of nitrogens with one attached hydrogen (secondary N) is 1. The minimum Gasteiger partial charge on any atom is -0.293 e. The van der Waals surface area contributed by atoms with Gasteiger partial charge in [0.1, 0.15) is 0 Å². The molecule has 5 heteroatoms. The van der Waals surface area contributed by atoms with Gasteiger partial charge < -0.3 is 0 Å². The van der Waals surface area contributed by atoms with Gasteiger partial charge in [0.2, 0.25) is 0 Å². The van der Waals surface area contributed by atoms with E-state index >= 15 is 0 Å². The van der Waals surface area contributed by atoms with E-state index in [2.05, 4.69) is 5.43 Å². The summed E-state index contributed by atoms with van der Waals surface area (Å²) < 4.78 is 0. The lowest BCUT2D eigenvalue weighted by atomic mass is 10.2. The molecular weight excluding hydrogens is 226 g/mol. The van der Waals surface area contributed by atoms with Crippen molar-refractivity contribution >= 4 is 17.5 Å². The zero-order valence-electron chi connectivity index (χ0n) is 9.40. The molecule has 0 fully saturated rings. The maximum absolute atomic E-state index is 11.3. The molecule has 1 aromatic carbocycles. The van der Waals surface area contributed by atoms with Gasteiger partial charge >= 0.3 is 0 Å². The largest absolute Gasteiger partial charge is 0.293 e. The summed E-state index contributed by atoms with van der Waals surface area (Å²) in [4.78, 5) is 13.2. The second-order valence-corrected chi connectivity index (χ2v) is 4.16. The summed E-state index contributed by atoms with van der Waals surface area (Å²) in [5, 5.41) is 0.708. The van der Waals surface area contributed by atoms with Crippen molar-refractivity contribution in [2.24, 2.45) is 5.84 Å². The highest BCUT2D eigenvalue weighted by Crippen LogP contribution is 2.11. The van der Waals surface area contributed by atoms with Crippen LogP contribution in [0.3, 0.4) is 0 Å². The Morgan fingerprint density at radius 2 is 2.06 bits per heavy atom. The number of hydrogen-bond donors (Lipinski definition) is 2. The van der Waals surface area contributed by atoms with Crippen LogP contribution < -0.4 is 11.3 Å². The lowest BCUT2D eigenvalue weighted by molar-refractivity contribution is -0.125. The molecule has 0 bridgehead atoms. The zero-order chi connectivity index (χ0) is 12.1. The molecule has 88 valence electrons. The summed E-state index contributed by atoms with van der Waals surface area (Å²) in [5.74, 6) is 4.88. The summed E-state index contributed by atoms with van der Waals surface area (Å²) in [6.07, 6.45) is 0. The topological polar surface area (TPSA) is 58.4 Å². The molecule has 0 aromatic heterocycles. The third-order valence-corrected chi connectivity index (χ3v) is 2.78. The van der Waals surface area contributed by atoms with Gasteiger partial charge in [-0.25, -0.2) is 5.84 Å². The van der Waals surface area contributed by atoms with Crippen molar-refractivity contribution in [3.63, 3.8) is 0 Å². The Morgan fingerprint density at radius 1 is 1.50 bits per heavy atom. The van der Waals surface area contributed by atoms with Crippen molar-refractivity contribution < 1.29 is 4.79 Å². The van der Waals surface area contributed by atoms with Crippen LogP contribution in [0.2, 0.25) is 5.02 Å². The SMILES string of the molecule is CC(C(=O)NN)N(C)Cc1ccc(Cl)cc1. The first-order chi connectivity index (χ1) is 7.54. The monoisotopic (exact) mass is 241 g/mol. The summed E-state index contributed by atoms with van der Waals surface area (Å²) in [7, 11) is 1.87. The number of hydrogen-bond acceptors (Lipinski definition) is 3. The first-order valence-corrected chi connectivity index (χ1v) is 5.37. The molecule has 1 unspecified atom stereocenters. The van der Waals surface area contributed by atoms with Crippen LogP contribution in [-0.4, -0.2) is 23.9 Å². The molecule has 1 aromatic rings. The highest BCUT2D eigenvalue weighted by atomic mass is 35.5. The molecule has 0 spiro atoms. The number of likely N-dealkylation sites (N-methyl/N-ethyl adjacent to an activating group) is 1. The number of amides is 1. The van der Waals surface area contributed by atoms with Crippen molar-refractivity contribution in [3.8, 4) is 0 Å². The van der Waals surface area contributed by atoms with Gasteiger partial charge in [0.05, 0.1) is 6.04 Å². The number of hydrazine groups is 1. The predicted octanol–water partition coefficient (Wildman–Crippen LogP) is 1.15. The van der Waals surface area contributed by atoms with Crippen LogP contribution in [0, 0.1) is 0 Å². The molecule has 0 heterocycles. The highest BCUT2D eigenvalue weighted by molar-refractivity contribution is 6.30. The predicted molar refractivity (Wildman–Crippen MR) is 64.7 cm³/mol. The second-order valence-electron chi connectivity index (χ2n) is 3.73. The van der Waals surface area contributed by atoms with Crippen LogP contribution in [0.4, 0.5) is 0 Å². The average molecular weight is 242 g/mol. The van der Waals surface area contributed by atoms with Crippen LogP contribution in [0.1, 0.15) is 12.5 Å². The van der Waals surface area contributed by atoms with Crippen LogP contribution in [0.25, 0.3) is 0 Å². The highest BCUT2D eigenvalue weighted by Gasteiger charge is 2.16. The summed E-state index contributed by atoms with van der Waals surface area (Å²) in [6, 6.07) is 7.27. The van der Waals surface area contributed by atoms with E-state index in [9.17, 15) is 4.79 Å². The van der Waals surface area contributed by atoms with Crippen molar-refractivity contribution in [3.05, 3.63) is 34.9 Å². The maximum atomic E-state index is 11.3. The van der Waals surface area contributed by atoms with Gasteiger partial charge in [0.15, 0.2) is 0 Å². The molecule has 0 saturated heterocycles. The molecule has 4 nitrogen and oxygen atoms in total. The number of rotatable bonds is 4. The molecule has 1 atom stereocenters. The Balaban J connectivity index is 2.60. The zero-order valence-corrected chi connectivity index (χ0v) is 10.2. The molecule has 0 aliphatic carbocycles. The number of nitrogens with zero attached hydrogens (tertiary/aromatic N) is 1. The summed E-state index contributed by atoms with van der Waals surface area (Å²) >= 11 is 5.79. The first-order valence-electron chi connectivity index (χ1n) is 4.99. The number of nitrogens with two attached hydrogens (primary N) is 1. The van der Waals surface area contributed by atoms with E-state index in [1.165, 1.54) is 0 Å². The van der Waals surface area contributed by atoms with Crippen LogP contribution >= 0.6 is 11.6 Å². The number of carbonyl (C=O) groups is 1. The van der Waals surface area contributed by atoms with Crippen molar-refractivity contribution in [2.75, 3.05) is 7.05 Å². The number of carbonyl (C=O) groups excluding carboxylic acids is 1. The lowest BCUT2D eigenvalue weighted by Gasteiger charge is -2.22. The molecule has 1 rings (SSSR count). The van der Waals surface area contributed by atoms with E-state index in [4.69, 9.17) is 17.4 Å². The van der Waals surface area contributed by atoms with Crippen molar-refractivity contribution in [1.29, 1.82) is 0 Å². The van der Waals surface area contributed by atoms with E-state index in [0.717, 1.165) is 5.56 Å². The van der Waals surface area contributed by atoms with E-state index in [1.54, 1.807) is 6.92 Å². The van der Waals surface area contributed by atoms with Gasteiger partial charge in [-0.3, -0.25) is 15.1 Å². The van der Waals surface area contributed by atoms with E-state index in [-0.39, 0.29) is 11.9 Å². The Morgan fingerprint density at radius 3 is 2.56 bits per heavy atom. The van der Waals surface area contributed by atoms with E-state index in [1.807, 2.05) is 36.2 Å². The summed E-state index contributed by atoms with van der Waals surface area (Å²) in [5.41, 5.74) is 3.24. The molecule has 0 saturated carbocycles. The fraction of sp³-hybridized carbons (Fsp3) is 0.364. The van der Waals surface area contributed by atoms with Crippen molar-refractivity contribution in [2.45, 2.75) is 19.5 Å². The molecular formula is C11H16ClN3O. The maximum Gasteiger partial charge on any atom is 0.250 e. The number of benzene rings is 1. The second kappa shape index (κ2) is 5.84. The van der Waals surface area contributed by atoms with Crippen molar-refractivity contribution in [1.82, 2.24) is 10.3 Å². The Hall–Kier alpha value is -1.10. The fourth-order valence-electron chi connectivity index (χ4n) is 1.34. The Labute approximate surface area is 100 Å². The molecule has 0 radical (unpaired) electrons. The van der Waals surface area contributed by atoms with E-state index in [0.29, 0.717) is 11.6 Å². The standard InChI is InChI=1S/C11H16ClN3O/c1-8(11(16)14-13)15(2)7-9-3-5-10(12)6-4-9/h3-6,8H,7,13H2,1-2H3,(H,14,16). The Bertz CT molecular complexity index is 353. The smallest absolute Gasteiger partial charge is 0.250 e. The average Bonchev–Trinajstić information content (AvgIpc) is 2.30. The van der Waals surface area contributed by atoms with Crippen LogP contribution in [0.5, 0.6) is 0 Å². The molecule has 16 heavy (non-hydrogen) atoms. The van der Waals surface area contributed by atoms with Gasteiger partial charge in [0.25, 0.3) is 5.91 Å². The minimum absolute atomic E-state index is 0.198. The van der Waals surface area contributed by atoms with Gasteiger partial charge in [-0.05, 0) is 31.7 Å². The third-order valence-electron chi connectivity index (χ3n) is 2.53. The molecule has 3 N–H and O–H groups in total. The van der Waals surface area contributed by atoms with E-state index < -0.39 is 0 Å². The Kier molecular flexibility index (Phi) is 4.73. The molecule has 1 amide bonds. The van der Waals surface area contributed by atoms with Gasteiger partial charge in [-0.15, -0.1) is 0 Å². The first kappa shape index (κ1) is 13.0. The number of halogens is 1. The lowest BCUT2D eigenvalue weighted by Crippen LogP contribution is -2.45. The quantitative estimate of drug-likeness (QED) is 0.472. The molecule has 0 aliphatic rings. The van der Waals surface area contributed by atoms with Crippen LogP contribution in [0.15, 0.2) is 24.3 Å². The minimum atomic E-state index is -0.263. The van der Waals surface area contributed by atoms with Gasteiger partial charge in [0, 0.05) is 11.6 Å². The van der Waals surface area contributed by atoms with Gasteiger partial charge in [-0.2, -0.15) is 0 Å². The normalized spacial score (nSPS) is 12.6.